The Morgan fingerprint density at radius 3 is 1.86 bits per heavy atom. The van der Waals surface area contributed by atoms with Crippen LogP contribution in [0.25, 0.3) is 0 Å². The van der Waals surface area contributed by atoms with Crippen LogP contribution in [-0.4, -0.2) is 46.3 Å². The lowest BCUT2D eigenvalue weighted by Crippen LogP contribution is -2.72. The quantitative estimate of drug-likeness (QED) is 0.259. The minimum absolute atomic E-state index is 0.0298. The Hall–Kier alpha value is -1.29. The molecule has 5 aliphatic rings. The fourth-order valence-corrected chi connectivity index (χ4v) is 8.04. The van der Waals surface area contributed by atoms with Crippen molar-refractivity contribution in [1.29, 1.82) is 0 Å². The van der Waals surface area contributed by atoms with Crippen LogP contribution in [-0.2, 0) is 14.3 Å². The number of hydrogen-bond donors (Lipinski definition) is 1. The summed E-state index contributed by atoms with van der Waals surface area (Å²) < 4.78 is 94.5. The summed E-state index contributed by atoms with van der Waals surface area (Å²) in [7, 11) is 0. The molecule has 35 heavy (non-hydrogen) atoms. The highest BCUT2D eigenvalue weighted by molar-refractivity contribution is 5.87. The number of hydrogen-bond acceptors (Lipinski definition) is 4. The second-order valence-electron chi connectivity index (χ2n) is 11.9. The standard InChI is InChI=1S/C25H34F6O4/c1-14(2)19(32)34-18-16-9-15-10-17(18)13-21(11-15,12-16)22(7-5-6-8-22)35-20(3,4)23(33,24(26,27)28)25(29,30)31/h15-18,33H,1,5-13H2,2-4H3. The van der Waals surface area contributed by atoms with Gasteiger partial charge in [-0.15, -0.1) is 0 Å². The number of carbonyl (C=O) groups excluding carboxylic acids is 1. The zero-order valence-electron chi connectivity index (χ0n) is 20.3. The van der Waals surface area contributed by atoms with Crippen molar-refractivity contribution in [2.24, 2.45) is 23.2 Å². The Morgan fingerprint density at radius 2 is 1.43 bits per heavy atom. The lowest BCUT2D eigenvalue weighted by atomic mass is 9.44. The first-order valence-electron chi connectivity index (χ1n) is 12.3. The van der Waals surface area contributed by atoms with Crippen molar-refractivity contribution < 1.29 is 45.7 Å². The molecule has 0 amide bonds. The Labute approximate surface area is 201 Å². The topological polar surface area (TPSA) is 55.8 Å². The minimum Gasteiger partial charge on any atom is -0.458 e. The fourth-order valence-electron chi connectivity index (χ4n) is 8.04. The van der Waals surface area contributed by atoms with Crippen LogP contribution in [0.3, 0.4) is 0 Å². The third-order valence-electron chi connectivity index (χ3n) is 9.30. The smallest absolute Gasteiger partial charge is 0.429 e. The highest BCUT2D eigenvalue weighted by Crippen LogP contribution is 2.69. The van der Waals surface area contributed by atoms with E-state index in [1.165, 1.54) is 0 Å². The monoisotopic (exact) mass is 512 g/mol. The maximum Gasteiger partial charge on any atom is 0.429 e. The van der Waals surface area contributed by atoms with Gasteiger partial charge in [0.2, 0.25) is 0 Å². The van der Waals surface area contributed by atoms with Crippen LogP contribution in [0.1, 0.15) is 78.6 Å². The zero-order valence-corrected chi connectivity index (χ0v) is 20.3. The summed E-state index contributed by atoms with van der Waals surface area (Å²) in [4.78, 5) is 12.2. The van der Waals surface area contributed by atoms with Gasteiger partial charge in [-0.1, -0.05) is 19.4 Å². The number of halogens is 6. The third-order valence-corrected chi connectivity index (χ3v) is 9.30. The summed E-state index contributed by atoms with van der Waals surface area (Å²) in [5, 5.41) is 10.2. The first kappa shape index (κ1) is 26.8. The van der Waals surface area contributed by atoms with Crippen LogP contribution in [0.4, 0.5) is 26.3 Å². The summed E-state index contributed by atoms with van der Waals surface area (Å²) in [5.74, 6) is -0.291. The molecule has 5 saturated carbocycles. The maximum absolute atomic E-state index is 13.8. The Bertz CT molecular complexity index is 840. The molecule has 4 bridgehead atoms. The van der Waals surface area contributed by atoms with Gasteiger partial charge >= 0.3 is 18.3 Å². The lowest BCUT2D eigenvalue weighted by Gasteiger charge is -2.65. The second-order valence-corrected chi connectivity index (χ2v) is 11.9. The van der Waals surface area contributed by atoms with Crippen molar-refractivity contribution in [2.45, 2.75) is 114 Å². The highest BCUT2D eigenvalue weighted by Gasteiger charge is 2.79. The van der Waals surface area contributed by atoms with E-state index in [0.29, 0.717) is 58.8 Å². The van der Waals surface area contributed by atoms with Crippen LogP contribution in [0.5, 0.6) is 0 Å². The van der Waals surface area contributed by atoms with Crippen molar-refractivity contribution in [3.05, 3.63) is 12.2 Å². The SMILES string of the molecule is C=C(C)C(=O)OC1C2CC3CC1CC(C1(OC(C)(C)C(O)(C(F)(F)F)C(F)(F)F)CCCC1)(C3)C2. The summed E-state index contributed by atoms with van der Waals surface area (Å²) in [5.41, 5.74) is -9.56. The van der Waals surface area contributed by atoms with E-state index in [1.807, 2.05) is 0 Å². The first-order valence-corrected chi connectivity index (χ1v) is 12.3. The summed E-state index contributed by atoms with van der Waals surface area (Å²) in [6.07, 6.45) is -7.05. The molecule has 0 saturated heterocycles. The van der Waals surface area contributed by atoms with E-state index in [4.69, 9.17) is 9.47 Å². The molecule has 4 nitrogen and oxygen atoms in total. The summed E-state index contributed by atoms with van der Waals surface area (Å²) >= 11 is 0. The molecule has 0 radical (unpaired) electrons. The van der Waals surface area contributed by atoms with Gasteiger partial charge in [0.1, 0.15) is 11.7 Å². The number of rotatable bonds is 6. The molecular weight excluding hydrogens is 478 g/mol. The number of aliphatic hydroxyl groups is 1. The second kappa shape index (κ2) is 8.10. The van der Waals surface area contributed by atoms with Gasteiger partial charge in [0.15, 0.2) is 0 Å². The predicted octanol–water partition coefficient (Wildman–Crippen LogP) is 6.26. The van der Waals surface area contributed by atoms with E-state index >= 15 is 0 Å². The van der Waals surface area contributed by atoms with Gasteiger partial charge in [0, 0.05) is 11.0 Å². The van der Waals surface area contributed by atoms with Crippen LogP contribution >= 0.6 is 0 Å². The molecule has 0 spiro atoms. The first-order chi connectivity index (χ1) is 15.9. The molecular formula is C25H34F6O4. The van der Waals surface area contributed by atoms with Gasteiger partial charge in [-0.05, 0) is 83.5 Å². The minimum atomic E-state index is -5.97. The maximum atomic E-state index is 13.8. The number of ether oxygens (including phenoxy) is 2. The summed E-state index contributed by atoms with van der Waals surface area (Å²) in [6, 6.07) is 0. The van der Waals surface area contributed by atoms with Gasteiger partial charge < -0.3 is 14.6 Å². The largest absolute Gasteiger partial charge is 0.458 e. The molecule has 0 heterocycles. The van der Waals surface area contributed by atoms with Gasteiger partial charge in [-0.25, -0.2) is 4.79 Å². The normalized spacial score (nSPS) is 34.8. The fraction of sp³-hybridized carbons (Fsp3) is 0.880. The van der Waals surface area contributed by atoms with E-state index in [-0.39, 0.29) is 29.4 Å². The van der Waals surface area contributed by atoms with Crippen LogP contribution in [0.15, 0.2) is 12.2 Å². The highest BCUT2D eigenvalue weighted by atomic mass is 19.4. The molecule has 2 unspecified atom stereocenters. The predicted molar refractivity (Wildman–Crippen MR) is 114 cm³/mol. The molecule has 5 aliphatic carbocycles. The lowest BCUT2D eigenvalue weighted by molar-refractivity contribution is -0.427. The van der Waals surface area contributed by atoms with E-state index in [1.54, 1.807) is 6.92 Å². The molecule has 0 aromatic rings. The van der Waals surface area contributed by atoms with Gasteiger partial charge in [0.25, 0.3) is 5.60 Å². The zero-order chi connectivity index (χ0) is 26.2. The van der Waals surface area contributed by atoms with Crippen molar-refractivity contribution >= 4 is 5.97 Å². The third kappa shape index (κ3) is 3.92. The molecule has 1 N–H and O–H groups in total. The van der Waals surface area contributed by atoms with E-state index in [9.17, 15) is 36.2 Å². The van der Waals surface area contributed by atoms with E-state index in [2.05, 4.69) is 6.58 Å². The van der Waals surface area contributed by atoms with E-state index in [0.717, 1.165) is 12.8 Å². The summed E-state index contributed by atoms with van der Waals surface area (Å²) in [6.45, 7) is 6.59. The van der Waals surface area contributed by atoms with Crippen molar-refractivity contribution in [3.63, 3.8) is 0 Å². The van der Waals surface area contributed by atoms with Crippen molar-refractivity contribution in [1.82, 2.24) is 0 Å². The van der Waals surface area contributed by atoms with Gasteiger partial charge in [-0.2, -0.15) is 26.3 Å². The number of alkyl halides is 6. The molecule has 0 aromatic carbocycles. The number of esters is 1. The molecule has 2 atom stereocenters. The average Bonchev–Trinajstić information content (AvgIpc) is 3.17. The average molecular weight is 513 g/mol. The Kier molecular flexibility index (Phi) is 6.20. The van der Waals surface area contributed by atoms with Gasteiger partial charge in [-0.3, -0.25) is 0 Å². The molecule has 5 fully saturated rings. The molecule has 0 aliphatic heterocycles. The molecule has 10 heteroatoms. The Balaban J connectivity index is 1.69. The van der Waals surface area contributed by atoms with Crippen molar-refractivity contribution in [3.8, 4) is 0 Å². The Morgan fingerprint density at radius 1 is 0.943 bits per heavy atom. The van der Waals surface area contributed by atoms with Crippen LogP contribution in [0, 0.1) is 23.2 Å². The molecule has 200 valence electrons. The molecule has 0 aromatic heterocycles. The van der Waals surface area contributed by atoms with Crippen LogP contribution < -0.4 is 0 Å². The van der Waals surface area contributed by atoms with E-state index < -0.39 is 40.5 Å². The molecule has 5 rings (SSSR count). The van der Waals surface area contributed by atoms with Gasteiger partial charge in [0.05, 0.1) is 5.60 Å². The van der Waals surface area contributed by atoms with Crippen molar-refractivity contribution in [2.75, 3.05) is 0 Å². The number of carbonyl (C=O) groups is 1. The van der Waals surface area contributed by atoms with Crippen LogP contribution in [0.2, 0.25) is 0 Å².